The number of hydrogen-bond acceptors (Lipinski definition) is 3. The normalized spacial score (nSPS) is 28.7. The Morgan fingerprint density at radius 2 is 1.94 bits per heavy atom. The number of nitrogens with zero attached hydrogens (tertiary/aromatic N) is 2. The molecule has 1 heterocycles. The lowest BCUT2D eigenvalue weighted by molar-refractivity contribution is 0.178. The summed E-state index contributed by atoms with van der Waals surface area (Å²) in [7, 11) is 0. The minimum absolute atomic E-state index is 0.449. The third kappa shape index (κ3) is 2.94. The maximum absolute atomic E-state index is 4.03. The van der Waals surface area contributed by atoms with E-state index in [1.54, 1.807) is 6.33 Å². The van der Waals surface area contributed by atoms with E-state index >= 15 is 0 Å². The van der Waals surface area contributed by atoms with E-state index in [-0.39, 0.29) is 0 Å². The minimum atomic E-state index is 0.449. The molecule has 2 rings (SSSR count). The van der Waals surface area contributed by atoms with E-state index in [1.165, 1.54) is 19.3 Å². The highest BCUT2D eigenvalue weighted by molar-refractivity contribution is 5.38. The van der Waals surface area contributed by atoms with Gasteiger partial charge in [0.25, 0.3) is 0 Å². The average Bonchev–Trinajstić information content (AvgIpc) is 2.15. The molecule has 1 N–H and O–H groups in total. The van der Waals surface area contributed by atoms with Gasteiger partial charge in [-0.05, 0) is 30.6 Å². The second-order valence-corrected chi connectivity index (χ2v) is 5.88. The first-order chi connectivity index (χ1) is 7.55. The molecule has 3 nitrogen and oxygen atoms in total. The van der Waals surface area contributed by atoms with Crippen LogP contribution in [0.4, 0.5) is 5.69 Å². The molecule has 88 valence electrons. The zero-order chi connectivity index (χ0) is 11.6. The number of hydrogen-bond donors (Lipinski definition) is 1. The third-order valence-electron chi connectivity index (χ3n) is 3.32. The summed E-state index contributed by atoms with van der Waals surface area (Å²) >= 11 is 0. The zero-order valence-electron chi connectivity index (χ0n) is 10.4. The van der Waals surface area contributed by atoms with Gasteiger partial charge in [-0.3, -0.25) is 0 Å². The van der Waals surface area contributed by atoms with Crippen LogP contribution in [0.25, 0.3) is 0 Å². The van der Waals surface area contributed by atoms with Gasteiger partial charge >= 0.3 is 0 Å². The maximum Gasteiger partial charge on any atom is 0.115 e. The van der Waals surface area contributed by atoms with Gasteiger partial charge in [0, 0.05) is 6.04 Å². The lowest BCUT2D eigenvalue weighted by atomic mass is 9.70. The van der Waals surface area contributed by atoms with Crippen LogP contribution >= 0.6 is 0 Å². The van der Waals surface area contributed by atoms with Crippen LogP contribution in [0.2, 0.25) is 0 Å². The van der Waals surface area contributed by atoms with E-state index in [0.29, 0.717) is 11.5 Å². The molecule has 0 amide bonds. The molecule has 1 saturated carbocycles. The first-order valence-corrected chi connectivity index (χ1v) is 6.07. The van der Waals surface area contributed by atoms with Crippen molar-refractivity contribution in [3.8, 4) is 0 Å². The second-order valence-electron chi connectivity index (χ2n) is 5.88. The highest BCUT2D eigenvalue weighted by Gasteiger charge is 2.31. The molecule has 3 heteroatoms. The van der Waals surface area contributed by atoms with Crippen LogP contribution in [0.3, 0.4) is 0 Å². The zero-order valence-corrected chi connectivity index (χ0v) is 10.4. The average molecular weight is 219 g/mol. The van der Waals surface area contributed by atoms with E-state index in [9.17, 15) is 0 Å². The molecule has 1 aliphatic carbocycles. The van der Waals surface area contributed by atoms with Crippen LogP contribution in [-0.4, -0.2) is 16.0 Å². The summed E-state index contributed by atoms with van der Waals surface area (Å²) in [4.78, 5) is 8.06. The highest BCUT2D eigenvalue weighted by atomic mass is 15.0. The Hall–Kier alpha value is -1.12. The SMILES string of the molecule is CC1CC(Nc2cncnc2)CC(C)(C)C1. The molecule has 0 radical (unpaired) electrons. The van der Waals surface area contributed by atoms with Crippen molar-refractivity contribution in [3.63, 3.8) is 0 Å². The van der Waals surface area contributed by atoms with Crippen molar-refractivity contribution in [1.82, 2.24) is 9.97 Å². The Morgan fingerprint density at radius 3 is 2.56 bits per heavy atom. The number of nitrogens with one attached hydrogen (secondary N) is 1. The van der Waals surface area contributed by atoms with Crippen LogP contribution < -0.4 is 5.32 Å². The summed E-state index contributed by atoms with van der Waals surface area (Å²) in [5, 5.41) is 3.54. The summed E-state index contributed by atoms with van der Waals surface area (Å²) in [5.41, 5.74) is 1.49. The Labute approximate surface area is 97.7 Å². The van der Waals surface area contributed by atoms with E-state index in [0.717, 1.165) is 11.6 Å². The lowest BCUT2D eigenvalue weighted by Gasteiger charge is -2.39. The lowest BCUT2D eigenvalue weighted by Crippen LogP contribution is -2.35. The van der Waals surface area contributed by atoms with Crippen LogP contribution in [0.5, 0.6) is 0 Å². The Morgan fingerprint density at radius 1 is 1.25 bits per heavy atom. The monoisotopic (exact) mass is 219 g/mol. The fourth-order valence-electron chi connectivity index (χ4n) is 3.07. The van der Waals surface area contributed by atoms with E-state index in [2.05, 4.69) is 36.1 Å². The van der Waals surface area contributed by atoms with Gasteiger partial charge in [0.15, 0.2) is 0 Å². The molecule has 2 unspecified atom stereocenters. The highest BCUT2D eigenvalue weighted by Crippen LogP contribution is 2.39. The molecule has 1 fully saturated rings. The van der Waals surface area contributed by atoms with E-state index in [1.807, 2.05) is 12.4 Å². The molecule has 1 aromatic heterocycles. The molecule has 1 aliphatic rings. The molecular weight excluding hydrogens is 198 g/mol. The van der Waals surface area contributed by atoms with Gasteiger partial charge in [0.05, 0.1) is 18.1 Å². The van der Waals surface area contributed by atoms with Crippen molar-refractivity contribution in [2.24, 2.45) is 11.3 Å². The van der Waals surface area contributed by atoms with Crippen molar-refractivity contribution in [2.75, 3.05) is 5.32 Å². The summed E-state index contributed by atoms with van der Waals surface area (Å²) in [5.74, 6) is 0.797. The summed E-state index contributed by atoms with van der Waals surface area (Å²) < 4.78 is 0. The molecule has 2 atom stereocenters. The standard InChI is InChI=1S/C13H21N3/c1-10-4-11(6-13(2,3)5-10)16-12-7-14-9-15-8-12/h7-11,16H,4-6H2,1-3H3. The van der Waals surface area contributed by atoms with Crippen molar-refractivity contribution in [3.05, 3.63) is 18.7 Å². The molecule has 0 saturated heterocycles. The Balaban J connectivity index is 2.00. The maximum atomic E-state index is 4.03. The van der Waals surface area contributed by atoms with E-state index < -0.39 is 0 Å². The predicted octanol–water partition coefficient (Wildman–Crippen LogP) is 3.10. The van der Waals surface area contributed by atoms with Gasteiger partial charge in [-0.25, -0.2) is 9.97 Å². The van der Waals surface area contributed by atoms with Gasteiger partial charge < -0.3 is 5.32 Å². The molecule has 0 bridgehead atoms. The van der Waals surface area contributed by atoms with Gasteiger partial charge in [0.1, 0.15) is 6.33 Å². The topological polar surface area (TPSA) is 37.8 Å². The molecule has 0 aliphatic heterocycles. The van der Waals surface area contributed by atoms with Crippen molar-refractivity contribution >= 4 is 5.69 Å². The molecule has 16 heavy (non-hydrogen) atoms. The number of rotatable bonds is 2. The molecular formula is C13H21N3. The summed E-state index contributed by atoms with van der Waals surface area (Å²) in [6.45, 7) is 7.06. The number of aromatic nitrogens is 2. The van der Waals surface area contributed by atoms with Crippen LogP contribution in [0.1, 0.15) is 40.0 Å². The van der Waals surface area contributed by atoms with Crippen LogP contribution in [0, 0.1) is 11.3 Å². The summed E-state index contributed by atoms with van der Waals surface area (Å²) in [6, 6.07) is 0.560. The van der Waals surface area contributed by atoms with Gasteiger partial charge in [0.2, 0.25) is 0 Å². The third-order valence-corrected chi connectivity index (χ3v) is 3.32. The van der Waals surface area contributed by atoms with Gasteiger partial charge in [-0.15, -0.1) is 0 Å². The van der Waals surface area contributed by atoms with E-state index in [4.69, 9.17) is 0 Å². The number of anilines is 1. The van der Waals surface area contributed by atoms with Gasteiger partial charge in [-0.2, -0.15) is 0 Å². The first-order valence-electron chi connectivity index (χ1n) is 6.07. The second kappa shape index (κ2) is 4.40. The largest absolute Gasteiger partial charge is 0.380 e. The van der Waals surface area contributed by atoms with Gasteiger partial charge in [-0.1, -0.05) is 20.8 Å². The quantitative estimate of drug-likeness (QED) is 0.830. The smallest absolute Gasteiger partial charge is 0.115 e. The van der Waals surface area contributed by atoms with Crippen LogP contribution in [0.15, 0.2) is 18.7 Å². The Kier molecular flexibility index (Phi) is 3.13. The fraction of sp³-hybridized carbons (Fsp3) is 0.692. The van der Waals surface area contributed by atoms with Crippen molar-refractivity contribution in [1.29, 1.82) is 0 Å². The first kappa shape index (κ1) is 11.4. The van der Waals surface area contributed by atoms with Crippen molar-refractivity contribution < 1.29 is 0 Å². The fourth-order valence-corrected chi connectivity index (χ4v) is 3.07. The minimum Gasteiger partial charge on any atom is -0.380 e. The predicted molar refractivity (Wildman–Crippen MR) is 66.2 cm³/mol. The Bertz CT molecular complexity index is 334. The molecule has 1 aromatic rings. The van der Waals surface area contributed by atoms with Crippen LogP contribution in [-0.2, 0) is 0 Å². The molecule has 0 spiro atoms. The molecule has 0 aromatic carbocycles. The van der Waals surface area contributed by atoms with Crippen molar-refractivity contribution in [2.45, 2.75) is 46.1 Å². The summed E-state index contributed by atoms with van der Waals surface area (Å²) in [6.07, 6.45) is 9.07.